The summed E-state index contributed by atoms with van der Waals surface area (Å²) in [5.74, 6) is 0.827. The molecule has 0 aliphatic rings. The molecule has 0 aliphatic carbocycles. The predicted molar refractivity (Wildman–Crippen MR) is 143 cm³/mol. The molecule has 0 fully saturated rings. The molecule has 1 aromatic heterocycles. The van der Waals surface area contributed by atoms with Gasteiger partial charge in [0.05, 0.1) is 39.8 Å². The molecule has 3 aromatic carbocycles. The average Bonchev–Trinajstić information content (AvgIpc) is 2.82. The summed E-state index contributed by atoms with van der Waals surface area (Å²) < 4.78 is 35.0. The standard InChI is InChI=1S/C25H22Cl3N3O4S/c1-14-6-5-7-21-22(14)25(32)31(17-8-10-18(35-4)11-9-17)24(29-21)15(2)30(3)36(33,34)23-19(27)12-16(26)13-20(23)28/h5-13,15H,1-4H3. The summed E-state index contributed by atoms with van der Waals surface area (Å²) in [6, 6.07) is 13.9. The van der Waals surface area contributed by atoms with Crippen LogP contribution in [0.1, 0.15) is 24.4 Å². The number of hydrogen-bond donors (Lipinski definition) is 0. The maximum Gasteiger partial charge on any atom is 0.266 e. The van der Waals surface area contributed by atoms with Gasteiger partial charge in [-0.1, -0.05) is 46.9 Å². The van der Waals surface area contributed by atoms with Gasteiger partial charge in [-0.3, -0.25) is 9.36 Å². The molecule has 4 rings (SSSR count). The molecule has 0 saturated carbocycles. The van der Waals surface area contributed by atoms with Crippen LogP contribution in [0.5, 0.6) is 5.75 Å². The Morgan fingerprint density at radius 3 is 2.22 bits per heavy atom. The van der Waals surface area contributed by atoms with E-state index in [0.717, 1.165) is 9.87 Å². The van der Waals surface area contributed by atoms with Crippen LogP contribution in [-0.4, -0.2) is 36.4 Å². The van der Waals surface area contributed by atoms with Crippen molar-refractivity contribution in [2.24, 2.45) is 0 Å². The highest BCUT2D eigenvalue weighted by Crippen LogP contribution is 2.37. The van der Waals surface area contributed by atoms with Gasteiger partial charge in [0.1, 0.15) is 16.5 Å². The van der Waals surface area contributed by atoms with Crippen LogP contribution in [0.2, 0.25) is 15.1 Å². The maximum absolute atomic E-state index is 13.8. The number of halogens is 3. The van der Waals surface area contributed by atoms with Gasteiger partial charge in [0.15, 0.2) is 0 Å². The zero-order valence-electron chi connectivity index (χ0n) is 19.8. The second-order valence-corrected chi connectivity index (χ2v) is 11.4. The van der Waals surface area contributed by atoms with Crippen LogP contribution in [0, 0.1) is 6.92 Å². The van der Waals surface area contributed by atoms with Crippen LogP contribution in [-0.2, 0) is 10.0 Å². The van der Waals surface area contributed by atoms with Gasteiger partial charge in [0.25, 0.3) is 5.56 Å². The zero-order chi connectivity index (χ0) is 26.4. The van der Waals surface area contributed by atoms with Crippen molar-refractivity contribution >= 4 is 55.7 Å². The Morgan fingerprint density at radius 2 is 1.64 bits per heavy atom. The Bertz CT molecular complexity index is 1610. The molecule has 1 atom stereocenters. The Labute approximate surface area is 223 Å². The Morgan fingerprint density at radius 1 is 1.03 bits per heavy atom. The second kappa shape index (κ2) is 10.0. The average molecular weight is 567 g/mol. The lowest BCUT2D eigenvalue weighted by atomic mass is 10.1. The smallest absolute Gasteiger partial charge is 0.266 e. The molecule has 7 nitrogen and oxygen atoms in total. The molecular weight excluding hydrogens is 545 g/mol. The summed E-state index contributed by atoms with van der Waals surface area (Å²) in [5, 5.41) is 0.431. The van der Waals surface area contributed by atoms with E-state index in [2.05, 4.69) is 0 Å². The van der Waals surface area contributed by atoms with E-state index in [1.807, 2.05) is 13.0 Å². The first kappa shape index (κ1) is 26.4. The second-order valence-electron chi connectivity index (χ2n) is 8.17. The highest BCUT2D eigenvalue weighted by molar-refractivity contribution is 7.89. The number of sulfonamides is 1. The highest BCUT2D eigenvalue weighted by atomic mass is 35.5. The summed E-state index contributed by atoms with van der Waals surface area (Å²) in [6.45, 7) is 3.46. The molecule has 4 aromatic rings. The van der Waals surface area contributed by atoms with Crippen molar-refractivity contribution in [3.05, 3.63) is 91.4 Å². The van der Waals surface area contributed by atoms with Crippen molar-refractivity contribution in [2.75, 3.05) is 14.2 Å². The van der Waals surface area contributed by atoms with E-state index in [-0.39, 0.29) is 31.3 Å². The summed E-state index contributed by atoms with van der Waals surface area (Å²) in [7, 11) is -1.29. The monoisotopic (exact) mass is 565 g/mol. The SMILES string of the molecule is COc1ccc(-n2c(C(C)N(C)S(=O)(=O)c3c(Cl)cc(Cl)cc3Cl)nc3cccc(C)c3c2=O)cc1. The van der Waals surface area contributed by atoms with Crippen LogP contribution >= 0.6 is 34.8 Å². The third-order valence-corrected chi connectivity index (χ3v) is 9.05. The van der Waals surface area contributed by atoms with Gasteiger partial charge in [-0.2, -0.15) is 4.31 Å². The van der Waals surface area contributed by atoms with Crippen LogP contribution in [0.25, 0.3) is 16.6 Å². The van der Waals surface area contributed by atoms with Gasteiger partial charge < -0.3 is 4.74 Å². The van der Waals surface area contributed by atoms with Crippen molar-refractivity contribution < 1.29 is 13.2 Å². The Kier molecular flexibility index (Phi) is 7.37. The van der Waals surface area contributed by atoms with Crippen molar-refractivity contribution in [2.45, 2.75) is 24.8 Å². The fourth-order valence-electron chi connectivity index (χ4n) is 3.96. The van der Waals surface area contributed by atoms with E-state index >= 15 is 0 Å². The molecule has 0 N–H and O–H groups in total. The molecule has 188 valence electrons. The van der Waals surface area contributed by atoms with E-state index in [4.69, 9.17) is 44.5 Å². The molecular formula is C25H22Cl3N3O4S. The van der Waals surface area contributed by atoms with E-state index in [1.54, 1.807) is 50.4 Å². The van der Waals surface area contributed by atoms with Crippen LogP contribution in [0.3, 0.4) is 0 Å². The Balaban J connectivity index is 1.95. The Hall–Kier alpha value is -2.62. The molecule has 11 heteroatoms. The molecule has 1 heterocycles. The number of benzene rings is 3. The van der Waals surface area contributed by atoms with Crippen molar-refractivity contribution in [1.82, 2.24) is 13.9 Å². The summed E-state index contributed by atoms with van der Waals surface area (Å²) in [6.07, 6.45) is 0. The predicted octanol–water partition coefficient (Wildman–Crippen LogP) is 6.04. The lowest BCUT2D eigenvalue weighted by Crippen LogP contribution is -2.35. The zero-order valence-corrected chi connectivity index (χ0v) is 22.9. The topological polar surface area (TPSA) is 81.5 Å². The molecule has 0 bridgehead atoms. The van der Waals surface area contributed by atoms with Gasteiger partial charge in [0, 0.05) is 12.1 Å². The number of rotatable bonds is 6. The largest absolute Gasteiger partial charge is 0.497 e. The maximum atomic E-state index is 13.8. The fraction of sp³-hybridized carbons (Fsp3) is 0.200. The van der Waals surface area contributed by atoms with Crippen LogP contribution in [0.4, 0.5) is 0 Å². The fourth-order valence-corrected chi connectivity index (χ4v) is 6.78. The number of hydrogen-bond acceptors (Lipinski definition) is 5. The minimum Gasteiger partial charge on any atom is -0.497 e. The summed E-state index contributed by atoms with van der Waals surface area (Å²) in [5.41, 5.74) is 1.40. The van der Waals surface area contributed by atoms with Crippen molar-refractivity contribution in [3.63, 3.8) is 0 Å². The normalized spacial score (nSPS) is 12.8. The van der Waals surface area contributed by atoms with Gasteiger partial charge >= 0.3 is 0 Å². The molecule has 0 amide bonds. The molecule has 0 aliphatic heterocycles. The first-order chi connectivity index (χ1) is 17.0. The number of nitrogens with zero attached hydrogens (tertiary/aromatic N) is 3. The number of fused-ring (bicyclic) bond motifs is 1. The summed E-state index contributed by atoms with van der Waals surface area (Å²) in [4.78, 5) is 18.2. The van der Waals surface area contributed by atoms with Gasteiger partial charge in [0.2, 0.25) is 10.0 Å². The number of ether oxygens (including phenoxy) is 1. The lowest BCUT2D eigenvalue weighted by Gasteiger charge is -2.27. The summed E-state index contributed by atoms with van der Waals surface area (Å²) >= 11 is 18.4. The molecule has 36 heavy (non-hydrogen) atoms. The molecule has 0 radical (unpaired) electrons. The minimum absolute atomic E-state index is 0.110. The third-order valence-electron chi connectivity index (χ3n) is 5.98. The first-order valence-electron chi connectivity index (χ1n) is 10.8. The molecule has 0 saturated heterocycles. The number of aromatic nitrogens is 2. The third kappa shape index (κ3) is 4.60. The van der Waals surface area contributed by atoms with E-state index in [9.17, 15) is 13.2 Å². The van der Waals surface area contributed by atoms with Crippen LogP contribution in [0.15, 0.2) is 64.3 Å². The minimum atomic E-state index is -4.21. The van der Waals surface area contributed by atoms with E-state index < -0.39 is 16.1 Å². The van der Waals surface area contributed by atoms with Crippen molar-refractivity contribution in [3.8, 4) is 11.4 Å². The number of aryl methyl sites for hydroxylation is 1. The van der Waals surface area contributed by atoms with Gasteiger partial charge in [-0.05, 0) is 61.9 Å². The number of methoxy groups -OCH3 is 1. The molecule has 0 spiro atoms. The quantitative estimate of drug-likeness (QED) is 0.284. The van der Waals surface area contributed by atoms with Crippen LogP contribution < -0.4 is 10.3 Å². The first-order valence-corrected chi connectivity index (χ1v) is 13.3. The van der Waals surface area contributed by atoms with Gasteiger partial charge in [-0.25, -0.2) is 13.4 Å². The highest BCUT2D eigenvalue weighted by Gasteiger charge is 2.33. The van der Waals surface area contributed by atoms with E-state index in [0.29, 0.717) is 22.3 Å². The van der Waals surface area contributed by atoms with Gasteiger partial charge in [-0.15, -0.1) is 0 Å². The van der Waals surface area contributed by atoms with Crippen molar-refractivity contribution in [1.29, 1.82) is 0 Å². The lowest BCUT2D eigenvalue weighted by molar-refractivity contribution is 0.379. The van der Waals surface area contributed by atoms with E-state index in [1.165, 1.54) is 23.7 Å². The molecule has 1 unspecified atom stereocenters.